The molecule has 3 heterocycles. The molecule has 0 aliphatic rings. The van der Waals surface area contributed by atoms with Crippen molar-refractivity contribution in [3.05, 3.63) is 52.0 Å². The maximum atomic E-state index is 14.0. The lowest BCUT2D eigenvalue weighted by atomic mass is 10.2. The number of halogens is 2. The van der Waals surface area contributed by atoms with Crippen molar-refractivity contribution < 1.29 is 4.39 Å². The number of hydrogen-bond acceptors (Lipinski definition) is 5. The first-order valence-electron chi connectivity index (χ1n) is 6.35. The second-order valence-electron chi connectivity index (χ2n) is 4.54. The SMILES string of the molecule is Fc1ccc(Br)cc1-c1nnc2sc(Cn3cccn3)nn12. The molecule has 4 rings (SSSR count). The molecule has 3 aromatic heterocycles. The van der Waals surface area contributed by atoms with Gasteiger partial charge in [-0.2, -0.15) is 14.7 Å². The summed E-state index contributed by atoms with van der Waals surface area (Å²) in [7, 11) is 0. The standard InChI is InChI=1S/C13H8BrFN6S/c14-8-2-3-10(15)9(6-8)12-17-18-13-21(12)19-11(22-13)7-20-5-1-4-16-20/h1-6H,7H2. The van der Waals surface area contributed by atoms with Crippen molar-refractivity contribution in [1.29, 1.82) is 0 Å². The highest BCUT2D eigenvalue weighted by Crippen LogP contribution is 2.26. The van der Waals surface area contributed by atoms with Crippen LogP contribution in [0.2, 0.25) is 0 Å². The average Bonchev–Trinajstić information content (AvgIpc) is 3.19. The quantitative estimate of drug-likeness (QED) is 0.549. The number of aromatic nitrogens is 6. The van der Waals surface area contributed by atoms with E-state index in [-0.39, 0.29) is 5.82 Å². The van der Waals surface area contributed by atoms with E-state index in [2.05, 4.69) is 36.3 Å². The third-order valence-corrected chi connectivity index (χ3v) is 4.44. The molecule has 0 amide bonds. The Hall–Kier alpha value is -2.13. The molecule has 0 spiro atoms. The van der Waals surface area contributed by atoms with E-state index in [9.17, 15) is 4.39 Å². The third kappa shape index (κ3) is 2.32. The first-order chi connectivity index (χ1) is 10.7. The van der Waals surface area contributed by atoms with Gasteiger partial charge in [0.05, 0.1) is 12.1 Å². The number of nitrogens with zero attached hydrogens (tertiary/aromatic N) is 6. The third-order valence-electron chi connectivity index (χ3n) is 3.06. The average molecular weight is 379 g/mol. The van der Waals surface area contributed by atoms with E-state index in [0.29, 0.717) is 22.9 Å². The maximum absolute atomic E-state index is 14.0. The molecular weight excluding hydrogens is 371 g/mol. The van der Waals surface area contributed by atoms with Gasteiger partial charge in [-0.05, 0) is 24.3 Å². The second kappa shape index (κ2) is 5.25. The fraction of sp³-hybridized carbons (Fsp3) is 0.0769. The molecule has 9 heteroatoms. The van der Waals surface area contributed by atoms with Gasteiger partial charge in [0.1, 0.15) is 10.8 Å². The van der Waals surface area contributed by atoms with Crippen LogP contribution in [-0.4, -0.2) is 29.6 Å². The van der Waals surface area contributed by atoms with Crippen LogP contribution >= 0.6 is 27.3 Å². The molecule has 0 aliphatic carbocycles. The first kappa shape index (κ1) is 13.5. The van der Waals surface area contributed by atoms with Gasteiger partial charge in [0.2, 0.25) is 4.96 Å². The molecule has 0 bridgehead atoms. The van der Waals surface area contributed by atoms with E-state index in [1.165, 1.54) is 17.4 Å². The number of rotatable bonds is 3. The highest BCUT2D eigenvalue weighted by atomic mass is 79.9. The van der Waals surface area contributed by atoms with E-state index in [1.807, 2.05) is 12.3 Å². The number of benzene rings is 1. The van der Waals surface area contributed by atoms with Crippen molar-refractivity contribution in [2.75, 3.05) is 0 Å². The molecule has 0 unspecified atom stereocenters. The molecule has 1 aromatic carbocycles. The summed E-state index contributed by atoms with van der Waals surface area (Å²) in [6, 6.07) is 6.54. The van der Waals surface area contributed by atoms with E-state index >= 15 is 0 Å². The molecule has 0 fully saturated rings. The largest absolute Gasteiger partial charge is 0.266 e. The monoisotopic (exact) mass is 378 g/mol. The van der Waals surface area contributed by atoms with Crippen molar-refractivity contribution in [1.82, 2.24) is 29.6 Å². The first-order valence-corrected chi connectivity index (χ1v) is 7.95. The van der Waals surface area contributed by atoms with Crippen molar-refractivity contribution >= 4 is 32.2 Å². The Balaban J connectivity index is 1.79. The van der Waals surface area contributed by atoms with Crippen LogP contribution in [0.25, 0.3) is 16.3 Å². The Morgan fingerprint density at radius 1 is 1.27 bits per heavy atom. The second-order valence-corrected chi connectivity index (χ2v) is 6.50. The van der Waals surface area contributed by atoms with Gasteiger partial charge in [-0.25, -0.2) is 4.39 Å². The van der Waals surface area contributed by atoms with Gasteiger partial charge < -0.3 is 0 Å². The highest BCUT2D eigenvalue weighted by Gasteiger charge is 2.17. The van der Waals surface area contributed by atoms with Gasteiger partial charge in [0, 0.05) is 16.9 Å². The molecule has 0 saturated carbocycles. The molecular formula is C13H8BrFN6S. The minimum Gasteiger partial charge on any atom is -0.266 e. The zero-order valence-corrected chi connectivity index (χ0v) is 13.4. The maximum Gasteiger partial charge on any atom is 0.235 e. The molecule has 6 nitrogen and oxygen atoms in total. The van der Waals surface area contributed by atoms with Crippen molar-refractivity contribution in [2.45, 2.75) is 6.54 Å². The Labute approximate surface area is 136 Å². The van der Waals surface area contributed by atoms with Gasteiger partial charge in [-0.15, -0.1) is 10.2 Å². The van der Waals surface area contributed by atoms with Crippen LogP contribution in [0.3, 0.4) is 0 Å². The van der Waals surface area contributed by atoms with Crippen LogP contribution in [0.1, 0.15) is 5.01 Å². The molecule has 0 saturated heterocycles. The summed E-state index contributed by atoms with van der Waals surface area (Å²) in [5.74, 6) is 0.0240. The van der Waals surface area contributed by atoms with Crippen molar-refractivity contribution in [3.8, 4) is 11.4 Å². The molecule has 22 heavy (non-hydrogen) atoms. The summed E-state index contributed by atoms with van der Waals surface area (Å²) in [5, 5.41) is 17.5. The van der Waals surface area contributed by atoms with E-state index in [0.717, 1.165) is 9.48 Å². The van der Waals surface area contributed by atoms with Gasteiger partial charge in [-0.1, -0.05) is 27.3 Å². The molecule has 4 aromatic rings. The summed E-state index contributed by atoms with van der Waals surface area (Å²) in [6.07, 6.45) is 3.57. The molecule has 0 aliphatic heterocycles. The van der Waals surface area contributed by atoms with Crippen LogP contribution in [0.15, 0.2) is 41.1 Å². The normalized spacial score (nSPS) is 11.4. The lowest BCUT2D eigenvalue weighted by Gasteiger charge is -2.00. The van der Waals surface area contributed by atoms with Crippen molar-refractivity contribution in [2.24, 2.45) is 0 Å². The lowest BCUT2D eigenvalue weighted by Crippen LogP contribution is -2.01. The lowest BCUT2D eigenvalue weighted by molar-refractivity contribution is 0.628. The molecule has 0 N–H and O–H groups in total. The fourth-order valence-electron chi connectivity index (χ4n) is 2.09. The Morgan fingerprint density at radius 2 is 2.18 bits per heavy atom. The van der Waals surface area contributed by atoms with E-state index < -0.39 is 0 Å². The Bertz CT molecular complexity index is 945. The number of hydrogen-bond donors (Lipinski definition) is 0. The minimum atomic E-state index is -0.362. The zero-order chi connectivity index (χ0) is 15.1. The Morgan fingerprint density at radius 3 is 3.00 bits per heavy atom. The zero-order valence-electron chi connectivity index (χ0n) is 11.0. The van der Waals surface area contributed by atoms with Crippen LogP contribution in [0, 0.1) is 5.82 Å². The predicted octanol–water partition coefficient (Wildman–Crippen LogP) is 3.00. The van der Waals surface area contributed by atoms with Crippen LogP contribution in [0.4, 0.5) is 4.39 Å². The van der Waals surface area contributed by atoms with Gasteiger partial charge in [0.15, 0.2) is 5.82 Å². The fourth-order valence-corrected chi connectivity index (χ4v) is 3.28. The van der Waals surface area contributed by atoms with Gasteiger partial charge in [0.25, 0.3) is 0 Å². The molecule has 110 valence electrons. The molecule has 0 radical (unpaired) electrons. The van der Waals surface area contributed by atoms with E-state index in [1.54, 1.807) is 27.5 Å². The summed E-state index contributed by atoms with van der Waals surface area (Å²) in [6.45, 7) is 0.543. The topological polar surface area (TPSA) is 60.9 Å². The summed E-state index contributed by atoms with van der Waals surface area (Å²) in [4.78, 5) is 0.622. The predicted molar refractivity (Wildman–Crippen MR) is 83.1 cm³/mol. The van der Waals surface area contributed by atoms with Gasteiger partial charge >= 0.3 is 0 Å². The van der Waals surface area contributed by atoms with Crippen molar-refractivity contribution in [3.63, 3.8) is 0 Å². The molecule has 0 atom stereocenters. The van der Waals surface area contributed by atoms with E-state index in [4.69, 9.17) is 0 Å². The number of fused-ring (bicyclic) bond motifs is 1. The Kier molecular flexibility index (Phi) is 3.23. The van der Waals surface area contributed by atoms with Gasteiger partial charge in [-0.3, -0.25) is 4.68 Å². The summed E-state index contributed by atoms with van der Waals surface area (Å²) < 4.78 is 18.1. The summed E-state index contributed by atoms with van der Waals surface area (Å²) >= 11 is 4.74. The highest BCUT2D eigenvalue weighted by molar-refractivity contribution is 9.10. The smallest absolute Gasteiger partial charge is 0.235 e. The van der Waals surface area contributed by atoms with Crippen LogP contribution < -0.4 is 0 Å². The summed E-state index contributed by atoms with van der Waals surface area (Å²) in [5.41, 5.74) is 0.359. The van der Waals surface area contributed by atoms with Crippen LogP contribution in [0.5, 0.6) is 0 Å². The van der Waals surface area contributed by atoms with Crippen LogP contribution in [-0.2, 0) is 6.54 Å². The minimum absolute atomic E-state index is 0.359.